The number of ether oxygens (including phenoxy) is 1. The molecule has 1 aromatic rings. The maximum Gasteiger partial charge on any atom is 0.326 e. The fourth-order valence-corrected chi connectivity index (χ4v) is 1.82. The minimum Gasteiger partial charge on any atom is -0.480 e. The van der Waals surface area contributed by atoms with E-state index < -0.39 is 12.0 Å². The zero-order chi connectivity index (χ0) is 13.7. The van der Waals surface area contributed by atoms with E-state index in [0.29, 0.717) is 24.7 Å². The van der Waals surface area contributed by atoms with Gasteiger partial charge in [0.05, 0.1) is 12.2 Å². The molecule has 1 heterocycles. The Morgan fingerprint density at radius 2 is 2.17 bits per heavy atom. The molecule has 0 amide bonds. The summed E-state index contributed by atoms with van der Waals surface area (Å²) < 4.78 is 5.38. The third kappa shape index (κ3) is 2.88. The summed E-state index contributed by atoms with van der Waals surface area (Å²) in [5.41, 5.74) is 0.751. The topological polar surface area (TPSA) is 75.6 Å². The molecule has 0 bridgehead atoms. The van der Waals surface area contributed by atoms with Crippen LogP contribution >= 0.6 is 0 Å². The van der Waals surface area contributed by atoms with Crippen molar-refractivity contribution in [2.75, 3.05) is 18.6 Å². The van der Waals surface area contributed by atoms with E-state index in [4.69, 9.17) is 9.84 Å². The van der Waals surface area contributed by atoms with E-state index in [9.17, 15) is 4.79 Å². The van der Waals surface area contributed by atoms with Gasteiger partial charge in [-0.3, -0.25) is 0 Å². The van der Waals surface area contributed by atoms with Gasteiger partial charge in [0.2, 0.25) is 5.88 Å². The van der Waals surface area contributed by atoms with E-state index in [1.807, 2.05) is 20.8 Å². The second-order valence-corrected chi connectivity index (χ2v) is 3.93. The fourth-order valence-electron chi connectivity index (χ4n) is 1.82. The second kappa shape index (κ2) is 6.18. The first kappa shape index (κ1) is 14.2. The average Bonchev–Trinajstić information content (AvgIpc) is 2.32. The van der Waals surface area contributed by atoms with Crippen molar-refractivity contribution >= 4 is 11.8 Å². The van der Waals surface area contributed by atoms with Gasteiger partial charge in [0.1, 0.15) is 18.2 Å². The van der Waals surface area contributed by atoms with Crippen LogP contribution in [0.5, 0.6) is 5.88 Å². The van der Waals surface area contributed by atoms with Crippen molar-refractivity contribution in [3.63, 3.8) is 0 Å². The van der Waals surface area contributed by atoms with Crippen LogP contribution in [0, 0.1) is 6.92 Å². The lowest BCUT2D eigenvalue weighted by Gasteiger charge is -2.26. The Bertz CT molecular complexity index is 423. The lowest BCUT2D eigenvalue weighted by molar-refractivity contribution is -0.138. The van der Waals surface area contributed by atoms with E-state index in [1.165, 1.54) is 6.33 Å². The summed E-state index contributed by atoms with van der Waals surface area (Å²) in [7, 11) is 1.72. The number of rotatable bonds is 6. The third-order valence-electron chi connectivity index (χ3n) is 2.77. The smallest absolute Gasteiger partial charge is 0.326 e. The highest BCUT2D eigenvalue weighted by molar-refractivity contribution is 5.78. The van der Waals surface area contributed by atoms with Gasteiger partial charge in [0.15, 0.2) is 0 Å². The number of nitrogens with zero attached hydrogens (tertiary/aromatic N) is 3. The molecule has 18 heavy (non-hydrogen) atoms. The van der Waals surface area contributed by atoms with Crippen molar-refractivity contribution in [2.24, 2.45) is 0 Å². The molecule has 0 aliphatic carbocycles. The summed E-state index contributed by atoms with van der Waals surface area (Å²) in [6.07, 6.45) is 1.89. The number of carbonyl (C=O) groups is 1. The molecule has 0 saturated heterocycles. The fraction of sp³-hybridized carbons (Fsp3) is 0.583. The maximum absolute atomic E-state index is 11.2. The molecule has 0 aromatic carbocycles. The van der Waals surface area contributed by atoms with Gasteiger partial charge >= 0.3 is 5.97 Å². The standard InChI is InChI=1S/C12H19N3O3/c1-5-9(12(16)17)15(4)10-8(3)11(18-6-2)14-7-13-10/h7,9H,5-6H2,1-4H3,(H,16,17). The van der Waals surface area contributed by atoms with Crippen molar-refractivity contribution in [1.29, 1.82) is 0 Å². The molecule has 6 heteroatoms. The van der Waals surface area contributed by atoms with Crippen molar-refractivity contribution in [2.45, 2.75) is 33.2 Å². The van der Waals surface area contributed by atoms with Gasteiger partial charge in [-0.05, 0) is 20.3 Å². The van der Waals surface area contributed by atoms with Gasteiger partial charge in [-0.1, -0.05) is 6.92 Å². The third-order valence-corrected chi connectivity index (χ3v) is 2.77. The Morgan fingerprint density at radius 1 is 1.50 bits per heavy atom. The van der Waals surface area contributed by atoms with Crippen LogP contribution in [0.1, 0.15) is 25.8 Å². The molecule has 0 aliphatic heterocycles. The van der Waals surface area contributed by atoms with Crippen LogP contribution in [0.4, 0.5) is 5.82 Å². The summed E-state index contributed by atoms with van der Waals surface area (Å²) >= 11 is 0. The Labute approximate surface area is 107 Å². The van der Waals surface area contributed by atoms with Gasteiger partial charge in [-0.2, -0.15) is 0 Å². The molecular weight excluding hydrogens is 234 g/mol. The molecule has 0 fully saturated rings. The van der Waals surface area contributed by atoms with E-state index in [2.05, 4.69) is 9.97 Å². The van der Waals surface area contributed by atoms with Crippen molar-refractivity contribution in [3.8, 4) is 5.88 Å². The highest BCUT2D eigenvalue weighted by Gasteiger charge is 2.24. The van der Waals surface area contributed by atoms with Crippen LogP contribution in [0.2, 0.25) is 0 Å². The minimum atomic E-state index is -0.865. The van der Waals surface area contributed by atoms with E-state index in [-0.39, 0.29) is 0 Å². The first-order valence-electron chi connectivity index (χ1n) is 5.92. The average molecular weight is 253 g/mol. The van der Waals surface area contributed by atoms with E-state index in [1.54, 1.807) is 11.9 Å². The molecule has 0 radical (unpaired) electrons. The Hall–Kier alpha value is -1.85. The number of carboxylic acids is 1. The number of carboxylic acid groups (broad SMARTS) is 1. The molecule has 1 rings (SSSR count). The Balaban J connectivity index is 3.08. The summed E-state index contributed by atoms with van der Waals surface area (Å²) in [5.74, 6) is 0.216. The van der Waals surface area contributed by atoms with Crippen LogP contribution < -0.4 is 9.64 Å². The molecule has 0 saturated carbocycles. The zero-order valence-electron chi connectivity index (χ0n) is 11.2. The molecule has 1 atom stereocenters. The van der Waals surface area contributed by atoms with Gasteiger partial charge in [-0.25, -0.2) is 14.8 Å². The first-order valence-corrected chi connectivity index (χ1v) is 5.92. The normalized spacial score (nSPS) is 12.0. The predicted molar refractivity (Wildman–Crippen MR) is 68.1 cm³/mol. The van der Waals surface area contributed by atoms with Gasteiger partial charge in [0.25, 0.3) is 0 Å². The van der Waals surface area contributed by atoms with E-state index >= 15 is 0 Å². The molecule has 0 spiro atoms. The van der Waals surface area contributed by atoms with Crippen molar-refractivity contribution < 1.29 is 14.6 Å². The van der Waals surface area contributed by atoms with Crippen LogP contribution in [0.3, 0.4) is 0 Å². The van der Waals surface area contributed by atoms with Gasteiger partial charge < -0.3 is 14.7 Å². The quantitative estimate of drug-likeness (QED) is 0.827. The highest BCUT2D eigenvalue weighted by atomic mass is 16.5. The number of aliphatic carboxylic acids is 1. The zero-order valence-corrected chi connectivity index (χ0v) is 11.2. The van der Waals surface area contributed by atoms with Crippen LogP contribution in [-0.4, -0.2) is 40.7 Å². The summed E-state index contributed by atoms with van der Waals surface area (Å²) in [6, 6.07) is -0.604. The summed E-state index contributed by atoms with van der Waals surface area (Å²) in [6.45, 7) is 6.04. The number of anilines is 1. The molecule has 6 nitrogen and oxygen atoms in total. The number of hydrogen-bond acceptors (Lipinski definition) is 5. The van der Waals surface area contributed by atoms with Crippen molar-refractivity contribution in [3.05, 3.63) is 11.9 Å². The van der Waals surface area contributed by atoms with Crippen LogP contribution in [0.15, 0.2) is 6.33 Å². The molecule has 100 valence electrons. The minimum absolute atomic E-state index is 0.495. The Kier molecular flexibility index (Phi) is 4.88. The maximum atomic E-state index is 11.2. The second-order valence-electron chi connectivity index (χ2n) is 3.93. The van der Waals surface area contributed by atoms with Gasteiger partial charge in [-0.15, -0.1) is 0 Å². The highest BCUT2D eigenvalue weighted by Crippen LogP contribution is 2.25. The molecular formula is C12H19N3O3. The summed E-state index contributed by atoms with van der Waals surface area (Å²) in [5, 5.41) is 9.15. The number of hydrogen-bond donors (Lipinski definition) is 1. The van der Waals surface area contributed by atoms with Crippen LogP contribution in [0.25, 0.3) is 0 Å². The SMILES string of the molecule is CCOc1ncnc(N(C)C(CC)C(=O)O)c1C. The van der Waals surface area contributed by atoms with Gasteiger partial charge in [0, 0.05) is 7.05 Å². The first-order chi connectivity index (χ1) is 8.52. The van der Waals surface area contributed by atoms with Crippen molar-refractivity contribution in [1.82, 2.24) is 9.97 Å². The molecule has 1 unspecified atom stereocenters. The number of likely N-dealkylation sites (N-methyl/N-ethyl adjacent to an activating group) is 1. The molecule has 1 aromatic heterocycles. The number of aromatic nitrogens is 2. The lowest BCUT2D eigenvalue weighted by Crippen LogP contribution is -2.38. The molecule has 0 aliphatic rings. The monoisotopic (exact) mass is 253 g/mol. The predicted octanol–water partition coefficient (Wildman–Crippen LogP) is 1.48. The van der Waals surface area contributed by atoms with Crippen LogP contribution in [-0.2, 0) is 4.79 Å². The lowest BCUT2D eigenvalue weighted by atomic mass is 10.2. The largest absolute Gasteiger partial charge is 0.480 e. The molecule has 1 N–H and O–H groups in total. The van der Waals surface area contributed by atoms with E-state index in [0.717, 1.165) is 5.56 Å². The summed E-state index contributed by atoms with van der Waals surface area (Å²) in [4.78, 5) is 21.0. The Morgan fingerprint density at radius 3 is 2.67 bits per heavy atom.